The number of hydrogen-bond donors (Lipinski definition) is 2. The molecule has 0 amide bonds. The van der Waals surface area contributed by atoms with Crippen molar-refractivity contribution in [2.45, 2.75) is 13.0 Å². The van der Waals surface area contributed by atoms with Crippen LogP contribution in [0.15, 0.2) is 40.2 Å². The van der Waals surface area contributed by atoms with Gasteiger partial charge in [-0.15, -0.1) is 11.3 Å². The molecule has 2 aromatic rings. The molecule has 1 aromatic heterocycles. The predicted molar refractivity (Wildman–Crippen MR) is 78.6 cm³/mol. The summed E-state index contributed by atoms with van der Waals surface area (Å²) in [4.78, 5) is 1.25. The van der Waals surface area contributed by atoms with Crippen molar-refractivity contribution in [2.75, 3.05) is 11.9 Å². The van der Waals surface area contributed by atoms with Gasteiger partial charge in [0.15, 0.2) is 0 Å². The van der Waals surface area contributed by atoms with Crippen molar-refractivity contribution in [1.29, 1.82) is 0 Å². The lowest BCUT2D eigenvalue weighted by molar-refractivity contribution is 0.806. The van der Waals surface area contributed by atoms with E-state index in [-0.39, 0.29) is 6.04 Å². The standard InChI is InChI=1S/C13H15BrN2S/c1-9-3-2-4-10(7-9)16-11(8-15)12-5-6-13(14)17-12/h2-7,11,16H,8,15H2,1H3. The van der Waals surface area contributed by atoms with Gasteiger partial charge >= 0.3 is 0 Å². The Bertz CT molecular complexity index is 496. The van der Waals surface area contributed by atoms with E-state index in [1.807, 2.05) is 0 Å². The van der Waals surface area contributed by atoms with Crippen LogP contribution in [0.4, 0.5) is 5.69 Å². The number of thiophene rings is 1. The molecule has 4 heteroatoms. The molecule has 1 atom stereocenters. The van der Waals surface area contributed by atoms with Gasteiger partial charge in [0.2, 0.25) is 0 Å². The van der Waals surface area contributed by atoms with Gasteiger partial charge in [-0.1, -0.05) is 12.1 Å². The molecule has 2 nitrogen and oxygen atoms in total. The van der Waals surface area contributed by atoms with Crippen molar-refractivity contribution < 1.29 is 0 Å². The Morgan fingerprint density at radius 3 is 2.76 bits per heavy atom. The zero-order valence-electron chi connectivity index (χ0n) is 9.61. The number of halogens is 1. The lowest BCUT2D eigenvalue weighted by atomic mass is 10.2. The van der Waals surface area contributed by atoms with Crippen LogP contribution in [-0.4, -0.2) is 6.54 Å². The molecule has 0 fully saturated rings. The van der Waals surface area contributed by atoms with Crippen molar-refractivity contribution in [3.8, 4) is 0 Å². The average Bonchev–Trinajstić information content (AvgIpc) is 2.73. The van der Waals surface area contributed by atoms with Crippen LogP contribution in [0.2, 0.25) is 0 Å². The van der Waals surface area contributed by atoms with Gasteiger partial charge in [0, 0.05) is 17.1 Å². The van der Waals surface area contributed by atoms with Gasteiger partial charge in [0.25, 0.3) is 0 Å². The lowest BCUT2D eigenvalue weighted by Gasteiger charge is -2.17. The summed E-state index contributed by atoms with van der Waals surface area (Å²) >= 11 is 5.19. The summed E-state index contributed by atoms with van der Waals surface area (Å²) in [5.41, 5.74) is 8.19. The second-order valence-corrected chi connectivity index (χ2v) is 6.44. The summed E-state index contributed by atoms with van der Waals surface area (Å²) in [6.07, 6.45) is 0. The van der Waals surface area contributed by atoms with Crippen LogP contribution in [0.5, 0.6) is 0 Å². The zero-order valence-corrected chi connectivity index (χ0v) is 12.0. The molecule has 0 bridgehead atoms. The van der Waals surface area contributed by atoms with Crippen molar-refractivity contribution >= 4 is 33.0 Å². The molecule has 0 saturated carbocycles. The summed E-state index contributed by atoms with van der Waals surface area (Å²) < 4.78 is 1.14. The molecule has 3 N–H and O–H groups in total. The second-order valence-electron chi connectivity index (χ2n) is 3.94. The molecule has 1 aromatic carbocycles. The highest BCUT2D eigenvalue weighted by Crippen LogP contribution is 2.29. The normalized spacial score (nSPS) is 12.4. The van der Waals surface area contributed by atoms with E-state index in [0.29, 0.717) is 6.54 Å². The first-order valence-electron chi connectivity index (χ1n) is 5.47. The number of hydrogen-bond acceptors (Lipinski definition) is 3. The first-order valence-corrected chi connectivity index (χ1v) is 7.08. The Balaban J connectivity index is 2.15. The topological polar surface area (TPSA) is 38.0 Å². The first kappa shape index (κ1) is 12.6. The van der Waals surface area contributed by atoms with Gasteiger partial charge in [-0.2, -0.15) is 0 Å². The summed E-state index contributed by atoms with van der Waals surface area (Å²) in [5.74, 6) is 0. The van der Waals surface area contributed by atoms with Crippen molar-refractivity contribution in [3.63, 3.8) is 0 Å². The Kier molecular flexibility index (Phi) is 4.20. The fraction of sp³-hybridized carbons (Fsp3) is 0.231. The van der Waals surface area contributed by atoms with E-state index >= 15 is 0 Å². The van der Waals surface area contributed by atoms with E-state index < -0.39 is 0 Å². The first-order chi connectivity index (χ1) is 8.19. The molecule has 0 aliphatic heterocycles. The second kappa shape index (κ2) is 5.67. The quantitative estimate of drug-likeness (QED) is 0.898. The Hall–Kier alpha value is -0.840. The van der Waals surface area contributed by atoms with E-state index in [9.17, 15) is 0 Å². The van der Waals surface area contributed by atoms with Crippen molar-refractivity contribution in [3.05, 3.63) is 50.6 Å². The fourth-order valence-electron chi connectivity index (χ4n) is 1.70. The third-order valence-corrected chi connectivity index (χ3v) is 4.27. The Morgan fingerprint density at radius 2 is 2.18 bits per heavy atom. The molecule has 1 unspecified atom stereocenters. The summed E-state index contributed by atoms with van der Waals surface area (Å²) in [7, 11) is 0. The largest absolute Gasteiger partial charge is 0.376 e. The summed E-state index contributed by atoms with van der Waals surface area (Å²) in [6.45, 7) is 2.67. The molecule has 0 saturated heterocycles. The molecule has 2 rings (SSSR count). The third kappa shape index (κ3) is 3.31. The maximum Gasteiger partial charge on any atom is 0.0729 e. The van der Waals surface area contributed by atoms with Gasteiger partial charge in [-0.05, 0) is 52.7 Å². The van der Waals surface area contributed by atoms with Crippen LogP contribution >= 0.6 is 27.3 Å². The molecule has 0 aliphatic rings. The molecule has 17 heavy (non-hydrogen) atoms. The summed E-state index contributed by atoms with van der Waals surface area (Å²) in [5, 5.41) is 3.46. The monoisotopic (exact) mass is 310 g/mol. The molecule has 0 radical (unpaired) electrons. The molecule has 0 aliphatic carbocycles. The molecular formula is C13H15BrN2S. The minimum absolute atomic E-state index is 0.174. The third-order valence-electron chi connectivity index (χ3n) is 2.53. The van der Waals surface area contributed by atoms with Gasteiger partial charge in [-0.3, -0.25) is 0 Å². The minimum atomic E-state index is 0.174. The van der Waals surface area contributed by atoms with E-state index in [4.69, 9.17) is 5.73 Å². The number of nitrogens with one attached hydrogen (secondary N) is 1. The number of aryl methyl sites for hydroxylation is 1. The van der Waals surface area contributed by atoms with Gasteiger partial charge in [-0.25, -0.2) is 0 Å². The van der Waals surface area contributed by atoms with Gasteiger partial charge in [0.05, 0.1) is 9.83 Å². The van der Waals surface area contributed by atoms with Crippen molar-refractivity contribution in [1.82, 2.24) is 0 Å². The molecule has 0 spiro atoms. The number of benzene rings is 1. The maximum atomic E-state index is 5.83. The van der Waals surface area contributed by atoms with Gasteiger partial charge < -0.3 is 11.1 Å². The van der Waals surface area contributed by atoms with Crippen molar-refractivity contribution in [2.24, 2.45) is 5.73 Å². The molecular weight excluding hydrogens is 296 g/mol. The van der Waals surface area contributed by atoms with Crippen LogP contribution in [0.3, 0.4) is 0 Å². The van der Waals surface area contributed by atoms with E-state index in [1.165, 1.54) is 10.4 Å². The average molecular weight is 311 g/mol. The van der Waals surface area contributed by atoms with E-state index in [1.54, 1.807) is 11.3 Å². The number of anilines is 1. The highest BCUT2D eigenvalue weighted by molar-refractivity contribution is 9.11. The summed E-state index contributed by atoms with van der Waals surface area (Å²) in [6, 6.07) is 12.7. The fourth-order valence-corrected chi connectivity index (χ4v) is 3.19. The highest BCUT2D eigenvalue weighted by atomic mass is 79.9. The highest BCUT2D eigenvalue weighted by Gasteiger charge is 2.11. The SMILES string of the molecule is Cc1cccc(NC(CN)c2ccc(Br)s2)c1. The van der Waals surface area contributed by atoms with Crippen LogP contribution in [-0.2, 0) is 0 Å². The number of rotatable bonds is 4. The predicted octanol–water partition coefficient (Wildman–Crippen LogP) is 3.93. The molecule has 90 valence electrons. The Labute approximate surface area is 114 Å². The van der Waals surface area contributed by atoms with Crippen LogP contribution in [0.1, 0.15) is 16.5 Å². The van der Waals surface area contributed by atoms with E-state index in [0.717, 1.165) is 9.47 Å². The van der Waals surface area contributed by atoms with Crippen LogP contribution in [0, 0.1) is 6.92 Å². The Morgan fingerprint density at radius 1 is 1.35 bits per heavy atom. The smallest absolute Gasteiger partial charge is 0.0729 e. The van der Waals surface area contributed by atoms with E-state index in [2.05, 4.69) is 64.6 Å². The van der Waals surface area contributed by atoms with Gasteiger partial charge in [0.1, 0.15) is 0 Å². The number of nitrogens with two attached hydrogens (primary N) is 1. The zero-order chi connectivity index (χ0) is 12.3. The van der Waals surface area contributed by atoms with Crippen LogP contribution < -0.4 is 11.1 Å². The minimum Gasteiger partial charge on any atom is -0.376 e. The molecule has 1 heterocycles. The lowest BCUT2D eigenvalue weighted by Crippen LogP contribution is -2.19. The maximum absolute atomic E-state index is 5.83. The van der Waals surface area contributed by atoms with Crippen LogP contribution in [0.25, 0.3) is 0 Å².